The van der Waals surface area contributed by atoms with Crippen LogP contribution in [-0.4, -0.2) is 56.8 Å². The summed E-state index contributed by atoms with van der Waals surface area (Å²) in [7, 11) is 0. The second-order valence-corrected chi connectivity index (χ2v) is 10.1. The van der Waals surface area contributed by atoms with Gasteiger partial charge < -0.3 is 14.4 Å². The highest BCUT2D eigenvalue weighted by molar-refractivity contribution is 6.30. The van der Waals surface area contributed by atoms with Crippen molar-refractivity contribution in [1.29, 1.82) is 0 Å². The van der Waals surface area contributed by atoms with Crippen LogP contribution in [-0.2, 0) is 9.47 Å². The van der Waals surface area contributed by atoms with Crippen molar-refractivity contribution in [3.8, 4) is 11.1 Å². The van der Waals surface area contributed by atoms with Gasteiger partial charge >= 0.3 is 0 Å². The number of rotatable bonds is 4. The van der Waals surface area contributed by atoms with Crippen LogP contribution in [0.15, 0.2) is 41.5 Å². The molecule has 0 N–H and O–H groups in total. The van der Waals surface area contributed by atoms with E-state index in [4.69, 9.17) is 26.2 Å². The number of halogens is 2. The van der Waals surface area contributed by atoms with Crippen LogP contribution in [0, 0.1) is 19.7 Å². The van der Waals surface area contributed by atoms with Gasteiger partial charge in [-0.1, -0.05) is 11.6 Å². The van der Waals surface area contributed by atoms with Crippen LogP contribution in [0.3, 0.4) is 0 Å². The van der Waals surface area contributed by atoms with E-state index in [1.54, 1.807) is 32.0 Å². The SMILES string of the molecule is Cc1nc2cc(-c3ccc(Cl)cc3F)c(N3C[C@@H](C)O[C@@H](c4cnn(C5COC5)c4)C3)nn2c(=O)c1C. The maximum atomic E-state index is 15.2. The monoisotopic (exact) mass is 524 g/mol. The van der Waals surface area contributed by atoms with Gasteiger partial charge in [-0.05, 0) is 45.0 Å². The van der Waals surface area contributed by atoms with Crippen molar-refractivity contribution < 1.29 is 13.9 Å². The van der Waals surface area contributed by atoms with Crippen molar-refractivity contribution in [2.45, 2.75) is 39.0 Å². The molecule has 0 saturated carbocycles. The zero-order valence-corrected chi connectivity index (χ0v) is 21.4. The highest BCUT2D eigenvalue weighted by atomic mass is 35.5. The van der Waals surface area contributed by atoms with Gasteiger partial charge in [0.15, 0.2) is 11.5 Å². The Hall–Kier alpha value is -3.34. The number of ether oxygens (including phenoxy) is 2. The van der Waals surface area contributed by atoms with E-state index in [2.05, 4.69) is 10.1 Å². The summed E-state index contributed by atoms with van der Waals surface area (Å²) in [6.07, 6.45) is 3.37. The molecule has 0 amide bonds. The number of aromatic nitrogens is 5. The maximum absolute atomic E-state index is 15.2. The molecule has 2 aliphatic heterocycles. The fourth-order valence-corrected chi connectivity index (χ4v) is 4.95. The van der Waals surface area contributed by atoms with Gasteiger partial charge in [0, 0.05) is 45.7 Å². The van der Waals surface area contributed by atoms with Gasteiger partial charge in [-0.15, -0.1) is 5.10 Å². The van der Waals surface area contributed by atoms with Crippen molar-refractivity contribution >= 4 is 23.1 Å². The van der Waals surface area contributed by atoms with Crippen molar-refractivity contribution in [2.24, 2.45) is 0 Å². The molecular weight excluding hydrogens is 499 g/mol. The normalized spacial score (nSPS) is 20.4. The lowest BCUT2D eigenvalue weighted by Gasteiger charge is -2.38. The van der Waals surface area contributed by atoms with Gasteiger partial charge in [0.1, 0.15) is 11.9 Å². The third kappa shape index (κ3) is 4.28. The van der Waals surface area contributed by atoms with Crippen LogP contribution in [0.5, 0.6) is 0 Å². The van der Waals surface area contributed by atoms with E-state index in [0.717, 1.165) is 5.56 Å². The first kappa shape index (κ1) is 24.0. The average molecular weight is 525 g/mol. The van der Waals surface area contributed by atoms with Crippen LogP contribution in [0.25, 0.3) is 16.8 Å². The molecule has 11 heteroatoms. The molecule has 0 bridgehead atoms. The van der Waals surface area contributed by atoms with Crippen LogP contribution in [0.2, 0.25) is 5.02 Å². The summed E-state index contributed by atoms with van der Waals surface area (Å²) in [5.41, 5.74) is 3.01. The first-order valence-corrected chi connectivity index (χ1v) is 12.5. The number of benzene rings is 1. The Morgan fingerprint density at radius 3 is 2.68 bits per heavy atom. The Balaban J connectivity index is 1.47. The highest BCUT2D eigenvalue weighted by Gasteiger charge is 2.32. The Labute approximate surface area is 217 Å². The van der Waals surface area contributed by atoms with Crippen LogP contribution >= 0.6 is 11.6 Å². The number of hydrogen-bond donors (Lipinski definition) is 0. The minimum Gasteiger partial charge on any atom is -0.377 e. The molecule has 2 fully saturated rings. The van der Waals surface area contributed by atoms with Gasteiger partial charge in [-0.2, -0.15) is 9.61 Å². The van der Waals surface area contributed by atoms with E-state index in [1.807, 2.05) is 28.9 Å². The molecule has 5 heterocycles. The molecule has 0 aliphatic carbocycles. The van der Waals surface area contributed by atoms with Crippen LogP contribution < -0.4 is 10.5 Å². The van der Waals surface area contributed by atoms with E-state index in [0.29, 0.717) is 65.2 Å². The molecule has 0 unspecified atom stereocenters. The maximum Gasteiger partial charge on any atom is 0.277 e. The number of fused-ring (bicyclic) bond motifs is 1. The summed E-state index contributed by atoms with van der Waals surface area (Å²) in [4.78, 5) is 19.7. The number of aryl methyl sites for hydroxylation is 1. The molecule has 2 saturated heterocycles. The molecule has 1 aromatic carbocycles. The summed E-state index contributed by atoms with van der Waals surface area (Å²) in [5.74, 6) is -0.00579. The molecule has 6 rings (SSSR count). The van der Waals surface area contributed by atoms with E-state index < -0.39 is 5.82 Å². The molecule has 4 aromatic rings. The zero-order valence-electron chi connectivity index (χ0n) is 20.7. The van der Waals surface area contributed by atoms with Gasteiger partial charge in [-0.25, -0.2) is 9.37 Å². The topological polar surface area (TPSA) is 86.8 Å². The number of anilines is 1. The summed E-state index contributed by atoms with van der Waals surface area (Å²) in [6, 6.07) is 6.48. The Morgan fingerprint density at radius 1 is 1.14 bits per heavy atom. The van der Waals surface area contributed by atoms with Crippen LogP contribution in [0.4, 0.5) is 10.2 Å². The highest BCUT2D eigenvalue weighted by Crippen LogP contribution is 2.36. The standard InChI is InChI=1S/C26H26ClFN6O3/c1-14-9-32(11-23(37-14)17-8-29-33(10-17)19-12-36-13-19)25-21(20-5-4-18(27)6-22(20)28)7-24-30-16(3)15(2)26(35)34(24)31-25/h4-8,10,14,19,23H,9,11-13H2,1-3H3/t14-,23-/m1/s1. The molecule has 0 radical (unpaired) electrons. The van der Waals surface area contributed by atoms with Crippen LogP contribution in [0.1, 0.15) is 35.9 Å². The number of nitrogens with zero attached hydrogens (tertiary/aromatic N) is 6. The molecular formula is C26H26ClFN6O3. The fraction of sp³-hybridized carbons (Fsp3) is 0.385. The molecule has 37 heavy (non-hydrogen) atoms. The summed E-state index contributed by atoms with van der Waals surface area (Å²) >= 11 is 6.04. The second kappa shape index (κ2) is 9.20. The van der Waals surface area contributed by atoms with Gasteiger partial charge in [0.05, 0.1) is 38.1 Å². The first-order chi connectivity index (χ1) is 17.8. The molecule has 3 aromatic heterocycles. The lowest BCUT2D eigenvalue weighted by molar-refractivity contribution is -0.0297. The largest absolute Gasteiger partial charge is 0.377 e. The predicted octanol–water partition coefficient (Wildman–Crippen LogP) is 3.90. The summed E-state index contributed by atoms with van der Waals surface area (Å²) in [6.45, 7) is 7.73. The first-order valence-electron chi connectivity index (χ1n) is 12.2. The number of morpholine rings is 1. The second-order valence-electron chi connectivity index (χ2n) is 9.69. The molecule has 9 nitrogen and oxygen atoms in total. The van der Waals surface area contributed by atoms with E-state index in [-0.39, 0.29) is 23.8 Å². The average Bonchev–Trinajstić information content (AvgIpc) is 3.30. The van der Waals surface area contributed by atoms with Gasteiger partial charge in [0.2, 0.25) is 0 Å². The Kier molecular flexibility index (Phi) is 5.97. The van der Waals surface area contributed by atoms with Crippen molar-refractivity contribution in [1.82, 2.24) is 24.4 Å². The summed E-state index contributed by atoms with van der Waals surface area (Å²) in [5, 5.41) is 9.53. The number of hydrogen-bond acceptors (Lipinski definition) is 7. The molecule has 2 atom stereocenters. The van der Waals surface area contributed by atoms with Gasteiger partial charge in [0.25, 0.3) is 5.56 Å². The van der Waals surface area contributed by atoms with E-state index in [1.165, 1.54) is 10.6 Å². The smallest absolute Gasteiger partial charge is 0.277 e. The fourth-order valence-electron chi connectivity index (χ4n) is 4.80. The van der Waals surface area contributed by atoms with E-state index >= 15 is 4.39 Å². The molecule has 2 aliphatic rings. The van der Waals surface area contributed by atoms with Crippen molar-refractivity contribution in [2.75, 3.05) is 31.2 Å². The zero-order chi connectivity index (χ0) is 25.8. The molecule has 192 valence electrons. The Bertz CT molecular complexity index is 1570. The lowest BCUT2D eigenvalue weighted by atomic mass is 10.0. The van der Waals surface area contributed by atoms with Gasteiger partial charge in [-0.3, -0.25) is 9.48 Å². The van der Waals surface area contributed by atoms with E-state index in [9.17, 15) is 4.79 Å². The Morgan fingerprint density at radius 2 is 1.95 bits per heavy atom. The predicted molar refractivity (Wildman–Crippen MR) is 137 cm³/mol. The quantitative estimate of drug-likeness (QED) is 0.400. The van der Waals surface area contributed by atoms with Crippen molar-refractivity contribution in [3.63, 3.8) is 0 Å². The molecule has 0 spiro atoms. The lowest BCUT2D eigenvalue weighted by Crippen LogP contribution is -2.44. The third-order valence-corrected chi connectivity index (χ3v) is 7.27. The summed E-state index contributed by atoms with van der Waals surface area (Å²) < 4.78 is 29.9. The minimum absolute atomic E-state index is 0.149. The third-order valence-electron chi connectivity index (χ3n) is 7.03. The van der Waals surface area contributed by atoms with Crippen molar-refractivity contribution in [3.05, 3.63) is 74.7 Å². The minimum atomic E-state index is -0.479.